The highest BCUT2D eigenvalue weighted by atomic mass is 16.3. The summed E-state index contributed by atoms with van der Waals surface area (Å²) in [6.45, 7) is 10.9. The van der Waals surface area contributed by atoms with Crippen molar-refractivity contribution < 1.29 is 5.11 Å². The molecule has 1 aromatic carbocycles. The van der Waals surface area contributed by atoms with Gasteiger partial charge in [0, 0.05) is 31.9 Å². The number of aliphatic hydroxyl groups is 1. The lowest BCUT2D eigenvalue weighted by atomic mass is 10.0. The van der Waals surface area contributed by atoms with Gasteiger partial charge in [-0.15, -0.1) is 0 Å². The zero-order chi connectivity index (χ0) is 15.5. The SMILES string of the molecule is CCCC(CCO)CNCc1ccc(N(CC)CC)cc1. The van der Waals surface area contributed by atoms with E-state index in [0.717, 1.165) is 32.6 Å². The Bertz CT molecular complexity index is 354. The number of nitrogens with zero attached hydrogens (tertiary/aromatic N) is 1. The molecule has 1 atom stereocenters. The van der Waals surface area contributed by atoms with Gasteiger partial charge in [0.1, 0.15) is 0 Å². The fourth-order valence-corrected chi connectivity index (χ4v) is 2.77. The molecule has 2 N–H and O–H groups in total. The summed E-state index contributed by atoms with van der Waals surface area (Å²) in [4.78, 5) is 2.36. The minimum Gasteiger partial charge on any atom is -0.396 e. The second-order valence-electron chi connectivity index (χ2n) is 5.64. The van der Waals surface area contributed by atoms with Gasteiger partial charge in [-0.05, 0) is 56.8 Å². The quantitative estimate of drug-likeness (QED) is 0.656. The number of benzene rings is 1. The molecule has 1 unspecified atom stereocenters. The predicted octanol–water partition coefficient (Wildman–Crippen LogP) is 3.42. The fraction of sp³-hybridized carbons (Fsp3) is 0.667. The Hall–Kier alpha value is -1.06. The third-order valence-electron chi connectivity index (χ3n) is 4.06. The lowest BCUT2D eigenvalue weighted by Crippen LogP contribution is -2.23. The Labute approximate surface area is 130 Å². The van der Waals surface area contributed by atoms with E-state index in [4.69, 9.17) is 5.11 Å². The Balaban J connectivity index is 2.41. The van der Waals surface area contributed by atoms with Crippen molar-refractivity contribution in [1.82, 2.24) is 5.32 Å². The van der Waals surface area contributed by atoms with Crippen molar-refractivity contribution in [3.8, 4) is 0 Å². The van der Waals surface area contributed by atoms with Crippen LogP contribution in [0.1, 0.15) is 45.6 Å². The number of hydrogen-bond donors (Lipinski definition) is 2. The van der Waals surface area contributed by atoms with E-state index in [0.29, 0.717) is 12.5 Å². The molecular weight excluding hydrogens is 260 g/mol. The molecule has 1 rings (SSSR count). The summed E-state index contributed by atoms with van der Waals surface area (Å²) in [5.41, 5.74) is 2.62. The number of aliphatic hydroxyl groups excluding tert-OH is 1. The zero-order valence-electron chi connectivity index (χ0n) is 13.9. The van der Waals surface area contributed by atoms with Crippen LogP contribution in [0.3, 0.4) is 0 Å². The van der Waals surface area contributed by atoms with E-state index in [1.54, 1.807) is 0 Å². The number of hydrogen-bond acceptors (Lipinski definition) is 3. The van der Waals surface area contributed by atoms with Crippen molar-refractivity contribution in [3.63, 3.8) is 0 Å². The third-order valence-corrected chi connectivity index (χ3v) is 4.06. The summed E-state index contributed by atoms with van der Waals surface area (Å²) >= 11 is 0. The molecule has 3 nitrogen and oxygen atoms in total. The average molecular weight is 292 g/mol. The molecule has 0 saturated heterocycles. The topological polar surface area (TPSA) is 35.5 Å². The lowest BCUT2D eigenvalue weighted by molar-refractivity contribution is 0.248. The summed E-state index contributed by atoms with van der Waals surface area (Å²) in [6, 6.07) is 8.84. The van der Waals surface area contributed by atoms with Crippen molar-refractivity contribution in [2.45, 2.75) is 46.6 Å². The van der Waals surface area contributed by atoms with Crippen molar-refractivity contribution >= 4 is 5.69 Å². The molecule has 21 heavy (non-hydrogen) atoms. The number of nitrogens with one attached hydrogen (secondary N) is 1. The molecule has 120 valence electrons. The first kappa shape index (κ1) is 18.0. The van der Waals surface area contributed by atoms with Crippen molar-refractivity contribution in [2.24, 2.45) is 5.92 Å². The largest absolute Gasteiger partial charge is 0.396 e. The highest BCUT2D eigenvalue weighted by Gasteiger charge is 2.07. The summed E-state index contributed by atoms with van der Waals surface area (Å²) in [5, 5.41) is 12.6. The third kappa shape index (κ3) is 6.49. The number of rotatable bonds is 11. The van der Waals surface area contributed by atoms with Gasteiger partial charge in [-0.25, -0.2) is 0 Å². The molecule has 0 amide bonds. The van der Waals surface area contributed by atoms with Gasteiger partial charge in [-0.1, -0.05) is 25.5 Å². The maximum atomic E-state index is 9.08. The van der Waals surface area contributed by atoms with Crippen LogP contribution in [0.2, 0.25) is 0 Å². The predicted molar refractivity (Wildman–Crippen MR) is 91.8 cm³/mol. The highest BCUT2D eigenvalue weighted by molar-refractivity contribution is 5.47. The minimum atomic E-state index is 0.297. The molecular formula is C18H32N2O. The van der Waals surface area contributed by atoms with Gasteiger partial charge in [-0.3, -0.25) is 0 Å². The fourth-order valence-electron chi connectivity index (χ4n) is 2.77. The first-order valence-electron chi connectivity index (χ1n) is 8.40. The molecule has 0 spiro atoms. The number of anilines is 1. The van der Waals surface area contributed by atoms with Gasteiger partial charge in [-0.2, -0.15) is 0 Å². The Morgan fingerprint density at radius 3 is 2.24 bits per heavy atom. The smallest absolute Gasteiger partial charge is 0.0434 e. The summed E-state index contributed by atoms with van der Waals surface area (Å²) in [7, 11) is 0. The van der Waals surface area contributed by atoms with Crippen LogP contribution in [-0.2, 0) is 6.54 Å². The molecule has 0 radical (unpaired) electrons. The van der Waals surface area contributed by atoms with Crippen LogP contribution in [-0.4, -0.2) is 31.3 Å². The molecule has 0 saturated carbocycles. The van der Waals surface area contributed by atoms with E-state index in [2.05, 4.69) is 55.3 Å². The average Bonchev–Trinajstić information content (AvgIpc) is 2.50. The molecule has 0 fully saturated rings. The first-order chi connectivity index (χ1) is 10.2. The van der Waals surface area contributed by atoms with Crippen molar-refractivity contribution in [3.05, 3.63) is 29.8 Å². The monoisotopic (exact) mass is 292 g/mol. The van der Waals surface area contributed by atoms with E-state index >= 15 is 0 Å². The maximum absolute atomic E-state index is 9.08. The van der Waals surface area contributed by atoms with Crippen LogP contribution in [0.4, 0.5) is 5.69 Å². The van der Waals surface area contributed by atoms with Gasteiger partial charge in [0.25, 0.3) is 0 Å². The minimum absolute atomic E-state index is 0.297. The van der Waals surface area contributed by atoms with Crippen LogP contribution in [0.25, 0.3) is 0 Å². The van der Waals surface area contributed by atoms with Crippen molar-refractivity contribution in [2.75, 3.05) is 31.1 Å². The first-order valence-corrected chi connectivity index (χ1v) is 8.40. The molecule has 0 aliphatic carbocycles. The van der Waals surface area contributed by atoms with Gasteiger partial charge in [0.05, 0.1) is 0 Å². The molecule has 0 heterocycles. The Kier molecular flexibility index (Phi) is 9.11. The molecule has 0 aliphatic heterocycles. The van der Waals surface area contributed by atoms with E-state index in [9.17, 15) is 0 Å². The lowest BCUT2D eigenvalue weighted by Gasteiger charge is -2.21. The molecule has 0 aliphatic rings. The van der Waals surface area contributed by atoms with Crippen LogP contribution in [0.15, 0.2) is 24.3 Å². The van der Waals surface area contributed by atoms with E-state index < -0.39 is 0 Å². The second-order valence-corrected chi connectivity index (χ2v) is 5.64. The standard InChI is InChI=1S/C18H32N2O/c1-4-7-16(12-13-21)14-19-15-17-8-10-18(11-9-17)20(5-2)6-3/h8-11,16,19,21H,4-7,12-15H2,1-3H3. The summed E-state index contributed by atoms with van der Waals surface area (Å²) in [5.74, 6) is 0.593. The van der Waals surface area contributed by atoms with Gasteiger partial charge in [0.15, 0.2) is 0 Å². The zero-order valence-corrected chi connectivity index (χ0v) is 13.9. The van der Waals surface area contributed by atoms with E-state index in [1.165, 1.54) is 24.1 Å². The molecule has 1 aromatic rings. The van der Waals surface area contributed by atoms with E-state index in [-0.39, 0.29) is 0 Å². The van der Waals surface area contributed by atoms with Gasteiger partial charge in [0.2, 0.25) is 0 Å². The van der Waals surface area contributed by atoms with Crippen LogP contribution < -0.4 is 10.2 Å². The second kappa shape index (κ2) is 10.6. The van der Waals surface area contributed by atoms with Gasteiger partial charge < -0.3 is 15.3 Å². The summed E-state index contributed by atoms with van der Waals surface area (Å²) in [6.07, 6.45) is 3.28. The highest BCUT2D eigenvalue weighted by Crippen LogP contribution is 2.15. The normalized spacial score (nSPS) is 12.4. The molecule has 3 heteroatoms. The van der Waals surface area contributed by atoms with E-state index in [1.807, 2.05) is 0 Å². The van der Waals surface area contributed by atoms with Crippen molar-refractivity contribution in [1.29, 1.82) is 0 Å². The maximum Gasteiger partial charge on any atom is 0.0434 e. The molecule has 0 bridgehead atoms. The van der Waals surface area contributed by atoms with Gasteiger partial charge >= 0.3 is 0 Å². The van der Waals surface area contributed by atoms with Crippen LogP contribution >= 0.6 is 0 Å². The molecule has 0 aromatic heterocycles. The Morgan fingerprint density at radius 1 is 1.05 bits per heavy atom. The summed E-state index contributed by atoms with van der Waals surface area (Å²) < 4.78 is 0. The Morgan fingerprint density at radius 2 is 1.71 bits per heavy atom. The van der Waals surface area contributed by atoms with Crippen LogP contribution in [0.5, 0.6) is 0 Å². The van der Waals surface area contributed by atoms with Crippen LogP contribution in [0, 0.1) is 5.92 Å².